The summed E-state index contributed by atoms with van der Waals surface area (Å²) >= 11 is 0. The summed E-state index contributed by atoms with van der Waals surface area (Å²) in [6, 6.07) is 9.49. The number of nitrogens with zero attached hydrogens (tertiary/aromatic N) is 5. The van der Waals surface area contributed by atoms with E-state index in [-0.39, 0.29) is 11.8 Å². The first-order valence-electron chi connectivity index (χ1n) is 15.6. The molecule has 1 aliphatic heterocycles. The fourth-order valence-electron chi connectivity index (χ4n) is 6.01. The lowest BCUT2D eigenvalue weighted by molar-refractivity contribution is -0.497. The molecule has 43 heavy (non-hydrogen) atoms. The molecule has 0 spiro atoms. The number of anilines is 2. The average molecular weight is 594 g/mol. The third-order valence-corrected chi connectivity index (χ3v) is 9.01. The first kappa shape index (κ1) is 32.3. The summed E-state index contributed by atoms with van der Waals surface area (Å²) < 4.78 is 32.0. The monoisotopic (exact) mass is 593 g/mol. The zero-order valence-corrected chi connectivity index (χ0v) is 27.0. The minimum absolute atomic E-state index is 0.0791. The number of imidazole rings is 1. The van der Waals surface area contributed by atoms with E-state index in [0.29, 0.717) is 31.0 Å². The van der Waals surface area contributed by atoms with Crippen molar-refractivity contribution in [2.75, 3.05) is 36.9 Å². The van der Waals surface area contributed by atoms with Crippen molar-refractivity contribution in [3.05, 3.63) is 52.9 Å². The minimum atomic E-state index is -2.38. The Morgan fingerprint density at radius 2 is 1.88 bits per heavy atom. The summed E-state index contributed by atoms with van der Waals surface area (Å²) in [7, 11) is 3.95. The van der Waals surface area contributed by atoms with Gasteiger partial charge in [0, 0.05) is 56.3 Å². The molecular weight excluding hydrogens is 546 g/mol. The molecule has 7 nitrogen and oxygen atoms in total. The molecule has 1 N–H and O–H groups in total. The molecule has 4 rings (SSSR count). The highest BCUT2D eigenvalue weighted by atomic mass is 19.3. The number of alkyl halides is 2. The van der Waals surface area contributed by atoms with Gasteiger partial charge in [-0.15, -0.1) is 0 Å². The van der Waals surface area contributed by atoms with Crippen LogP contribution in [0.4, 0.5) is 20.4 Å². The standard InChI is InChI=1S/C34H46F2N6O/c1-9-15-42(20-27(32(35)36)21(4)10-2)26-12-13-28-30(19-26)41(8)34(38-28)39-33(43)25-17-22(5)37-29(18-25)31-23(6)40(7)16-14-24(31)11-3/h12-13,17-19,21,27,32H,9-11,14-16,20H2,1-8H3/p+1/t21-,27?/m1/s1. The Morgan fingerprint density at radius 3 is 2.53 bits per heavy atom. The fourth-order valence-corrected chi connectivity index (χ4v) is 6.01. The molecule has 1 aromatic carbocycles. The van der Waals surface area contributed by atoms with Crippen LogP contribution in [0.2, 0.25) is 0 Å². The van der Waals surface area contributed by atoms with Crippen molar-refractivity contribution >= 4 is 39.9 Å². The maximum absolute atomic E-state index is 14.0. The van der Waals surface area contributed by atoms with Crippen molar-refractivity contribution in [1.29, 1.82) is 0 Å². The van der Waals surface area contributed by atoms with Gasteiger partial charge in [-0.25, -0.2) is 18.3 Å². The topological polar surface area (TPSA) is 66.1 Å². The predicted molar refractivity (Wildman–Crippen MR) is 173 cm³/mol. The smallest absolute Gasteiger partial charge is 0.258 e. The number of amides is 1. The van der Waals surface area contributed by atoms with E-state index in [4.69, 9.17) is 9.97 Å². The molecule has 2 aromatic heterocycles. The van der Waals surface area contributed by atoms with Crippen LogP contribution in [0, 0.1) is 18.8 Å². The van der Waals surface area contributed by atoms with Crippen LogP contribution in [0.25, 0.3) is 16.6 Å². The second-order valence-corrected chi connectivity index (χ2v) is 11.9. The van der Waals surface area contributed by atoms with Gasteiger partial charge in [0.25, 0.3) is 5.91 Å². The number of carbonyl (C=O) groups excluding carboxylic acids is 1. The van der Waals surface area contributed by atoms with E-state index in [9.17, 15) is 13.6 Å². The molecule has 0 fully saturated rings. The van der Waals surface area contributed by atoms with E-state index in [1.54, 1.807) is 6.07 Å². The van der Waals surface area contributed by atoms with E-state index in [2.05, 4.69) is 42.6 Å². The molecule has 1 unspecified atom stereocenters. The number of allylic oxidation sites excluding steroid dienone is 1. The van der Waals surface area contributed by atoms with Crippen LogP contribution >= 0.6 is 0 Å². The number of fused-ring (bicyclic) bond motifs is 1. The maximum atomic E-state index is 14.0. The highest BCUT2D eigenvalue weighted by molar-refractivity contribution is 6.21. The molecule has 3 aromatic rings. The van der Waals surface area contributed by atoms with Gasteiger partial charge in [-0.2, -0.15) is 0 Å². The van der Waals surface area contributed by atoms with Crippen LogP contribution in [-0.2, 0) is 7.05 Å². The van der Waals surface area contributed by atoms with Crippen LogP contribution in [0.3, 0.4) is 0 Å². The van der Waals surface area contributed by atoms with Gasteiger partial charge >= 0.3 is 0 Å². The summed E-state index contributed by atoms with van der Waals surface area (Å²) in [5, 5.41) is 3.00. The molecule has 0 saturated carbocycles. The summed E-state index contributed by atoms with van der Waals surface area (Å²) in [5.74, 6) is -0.618. The number of aromatic nitrogens is 3. The number of hydrogen-bond acceptors (Lipinski definition) is 4. The van der Waals surface area contributed by atoms with Gasteiger partial charge in [0.15, 0.2) is 5.71 Å². The van der Waals surface area contributed by atoms with Crippen LogP contribution in [0.5, 0.6) is 0 Å². The highest BCUT2D eigenvalue weighted by Crippen LogP contribution is 2.30. The largest absolute Gasteiger partial charge is 0.371 e. The lowest BCUT2D eigenvalue weighted by atomic mass is 9.91. The first-order valence-corrected chi connectivity index (χ1v) is 15.6. The number of carbonyl (C=O) groups is 1. The van der Waals surface area contributed by atoms with Crippen LogP contribution < -0.4 is 10.2 Å². The fraction of sp³-hybridized carbons (Fsp3) is 0.529. The maximum Gasteiger partial charge on any atom is 0.258 e. The average Bonchev–Trinajstić information content (AvgIpc) is 3.29. The second-order valence-electron chi connectivity index (χ2n) is 11.9. The number of halogens is 2. The van der Waals surface area contributed by atoms with Gasteiger partial charge in [-0.05, 0) is 61.6 Å². The first-order chi connectivity index (χ1) is 20.5. The van der Waals surface area contributed by atoms with Crippen LogP contribution in [0.15, 0.2) is 35.9 Å². The van der Waals surface area contributed by atoms with Gasteiger partial charge in [0.1, 0.15) is 13.6 Å². The summed E-state index contributed by atoms with van der Waals surface area (Å²) in [4.78, 5) is 25.1. The summed E-state index contributed by atoms with van der Waals surface area (Å²) in [6.45, 7) is 14.1. The number of pyridine rings is 1. The van der Waals surface area contributed by atoms with Gasteiger partial charge in [0.05, 0.1) is 22.3 Å². The van der Waals surface area contributed by atoms with Crippen LogP contribution in [-0.4, -0.2) is 63.8 Å². The van der Waals surface area contributed by atoms with E-state index >= 15 is 0 Å². The number of hydrogen-bond donors (Lipinski definition) is 1. The molecule has 0 radical (unpaired) electrons. The van der Waals surface area contributed by atoms with E-state index in [0.717, 1.165) is 59.5 Å². The second kappa shape index (κ2) is 13.8. The van der Waals surface area contributed by atoms with Crippen molar-refractivity contribution < 1.29 is 18.2 Å². The zero-order chi connectivity index (χ0) is 31.4. The van der Waals surface area contributed by atoms with E-state index in [1.165, 1.54) is 11.3 Å². The lowest BCUT2D eigenvalue weighted by Crippen LogP contribution is -2.36. The van der Waals surface area contributed by atoms with Crippen molar-refractivity contribution in [3.63, 3.8) is 0 Å². The lowest BCUT2D eigenvalue weighted by Gasteiger charge is -2.31. The SMILES string of the molecule is CCCN(CC(C(F)F)[C@H](C)CC)c1ccc2nc(NC(=O)c3cc(C)nc(C4=C(CC)CC[N+](C)=C4C)c3)n(C)c2c1. The predicted octanol–water partition coefficient (Wildman–Crippen LogP) is 7.34. The Labute approximate surface area is 254 Å². The quantitative estimate of drug-likeness (QED) is 0.223. The third-order valence-electron chi connectivity index (χ3n) is 9.01. The van der Waals surface area contributed by atoms with Crippen LogP contribution in [0.1, 0.15) is 82.0 Å². The number of nitrogens with one attached hydrogen (secondary N) is 1. The highest BCUT2D eigenvalue weighted by Gasteiger charge is 2.29. The number of rotatable bonds is 12. The van der Waals surface area contributed by atoms with Gasteiger partial charge < -0.3 is 9.47 Å². The van der Waals surface area contributed by atoms with Crippen molar-refractivity contribution in [3.8, 4) is 0 Å². The Morgan fingerprint density at radius 1 is 1.14 bits per heavy atom. The number of benzene rings is 1. The summed E-state index contributed by atoms with van der Waals surface area (Å²) in [5.41, 5.74) is 8.19. The molecule has 0 saturated heterocycles. The summed E-state index contributed by atoms with van der Waals surface area (Å²) in [6.07, 6.45) is 1.10. The molecule has 3 heterocycles. The number of aryl methyl sites for hydroxylation is 2. The zero-order valence-electron chi connectivity index (χ0n) is 27.0. The van der Waals surface area contributed by atoms with Gasteiger partial charge in [-0.3, -0.25) is 15.1 Å². The minimum Gasteiger partial charge on any atom is -0.371 e. The molecule has 0 aliphatic carbocycles. The molecule has 1 aliphatic rings. The van der Waals surface area contributed by atoms with E-state index < -0.39 is 12.3 Å². The third kappa shape index (κ3) is 6.97. The Hall–Kier alpha value is -3.62. The Kier molecular flexibility index (Phi) is 10.4. The van der Waals surface area contributed by atoms with Crippen molar-refractivity contribution in [2.45, 2.75) is 73.7 Å². The molecule has 9 heteroatoms. The molecule has 232 valence electrons. The van der Waals surface area contributed by atoms with E-state index in [1.807, 2.05) is 56.7 Å². The molecular formula is C34H47F2N6O+. The normalized spacial score (nSPS) is 15.4. The molecule has 0 bridgehead atoms. The van der Waals surface area contributed by atoms with Crippen molar-refractivity contribution in [1.82, 2.24) is 14.5 Å². The van der Waals surface area contributed by atoms with Gasteiger partial charge in [-0.1, -0.05) is 34.1 Å². The Balaban J connectivity index is 1.63. The van der Waals surface area contributed by atoms with Gasteiger partial charge in [0.2, 0.25) is 12.4 Å². The molecule has 1 amide bonds. The van der Waals surface area contributed by atoms with Crippen molar-refractivity contribution in [2.24, 2.45) is 18.9 Å². The Bertz CT molecular complexity index is 1540. The molecule has 2 atom stereocenters.